The van der Waals surface area contributed by atoms with Gasteiger partial charge in [-0.25, -0.2) is 0 Å². The summed E-state index contributed by atoms with van der Waals surface area (Å²) in [5, 5.41) is 9.78. The van der Waals surface area contributed by atoms with E-state index in [1.807, 2.05) is 36.4 Å². The molecule has 1 aromatic heterocycles. The number of fused-ring (bicyclic) bond motifs is 3. The van der Waals surface area contributed by atoms with Gasteiger partial charge in [-0.1, -0.05) is 55.2 Å². The van der Waals surface area contributed by atoms with Crippen LogP contribution in [-0.2, 0) is 13.0 Å². The molecule has 2 heterocycles. The van der Waals surface area contributed by atoms with Crippen LogP contribution in [-0.4, -0.2) is 45.0 Å². The minimum atomic E-state index is -0.159. The Morgan fingerprint density at radius 3 is 2.56 bits per heavy atom. The molecule has 0 N–H and O–H groups in total. The number of halogens is 2. The third kappa shape index (κ3) is 4.49. The average molecular weight is 470 g/mol. The van der Waals surface area contributed by atoms with Crippen molar-refractivity contribution in [2.45, 2.75) is 33.2 Å². The number of aryl methyl sites for hydroxylation is 1. The molecule has 0 unspecified atom stereocenters. The molecule has 0 bridgehead atoms. The quantitative estimate of drug-likeness (QED) is 0.508. The molecule has 32 heavy (non-hydrogen) atoms. The lowest BCUT2D eigenvalue weighted by atomic mass is 10.0. The first-order valence-corrected chi connectivity index (χ1v) is 11.6. The number of hydrogen-bond donors (Lipinski definition) is 0. The maximum absolute atomic E-state index is 13.5. The molecule has 0 radical (unpaired) electrons. The molecule has 4 rings (SSSR count). The summed E-state index contributed by atoms with van der Waals surface area (Å²) in [6.45, 7) is 7.39. The van der Waals surface area contributed by atoms with Crippen LogP contribution in [0.5, 0.6) is 0 Å². The second-order valence-electron chi connectivity index (χ2n) is 7.64. The largest absolute Gasteiger partial charge is 0.304 e. The molecule has 1 aliphatic rings. The molecular weight excluding hydrogens is 445 g/mol. The number of aliphatic imine (C=N–C) groups is 1. The first-order valence-electron chi connectivity index (χ1n) is 10.8. The van der Waals surface area contributed by atoms with Crippen LogP contribution in [0.25, 0.3) is 5.69 Å². The van der Waals surface area contributed by atoms with E-state index in [9.17, 15) is 4.79 Å². The summed E-state index contributed by atoms with van der Waals surface area (Å²) in [5.74, 6) is 0.494. The van der Waals surface area contributed by atoms with Gasteiger partial charge in [-0.3, -0.25) is 14.4 Å². The predicted octanol–water partition coefficient (Wildman–Crippen LogP) is 4.56. The van der Waals surface area contributed by atoms with Gasteiger partial charge in [0.05, 0.1) is 11.4 Å². The van der Waals surface area contributed by atoms with Crippen LogP contribution >= 0.6 is 23.2 Å². The molecule has 0 amide bonds. The van der Waals surface area contributed by atoms with Crippen molar-refractivity contribution in [3.8, 4) is 5.69 Å². The topological polar surface area (TPSA) is 63.4 Å². The minimum absolute atomic E-state index is 0.159. The third-order valence-corrected chi connectivity index (χ3v) is 6.30. The molecule has 0 aliphatic carbocycles. The third-order valence-electron chi connectivity index (χ3n) is 5.74. The van der Waals surface area contributed by atoms with E-state index in [4.69, 9.17) is 28.2 Å². The van der Waals surface area contributed by atoms with E-state index in [0.29, 0.717) is 39.4 Å². The molecule has 0 atom stereocenters. The second kappa shape index (κ2) is 9.94. The van der Waals surface area contributed by atoms with E-state index in [1.54, 1.807) is 10.6 Å². The molecule has 0 spiro atoms. The Labute approximate surface area is 197 Å². The van der Waals surface area contributed by atoms with Gasteiger partial charge in [0, 0.05) is 21.2 Å². The molecular formula is C24H25Cl2N5O. The lowest BCUT2D eigenvalue weighted by molar-refractivity contribution is 0.299. The van der Waals surface area contributed by atoms with Gasteiger partial charge in [-0.05, 0) is 56.7 Å². The van der Waals surface area contributed by atoms with E-state index in [-0.39, 0.29) is 12.1 Å². The Balaban J connectivity index is 1.78. The van der Waals surface area contributed by atoms with E-state index >= 15 is 0 Å². The monoisotopic (exact) mass is 469 g/mol. The van der Waals surface area contributed by atoms with Gasteiger partial charge in [-0.15, -0.1) is 10.2 Å². The lowest BCUT2D eigenvalue weighted by Crippen LogP contribution is -2.30. The highest BCUT2D eigenvalue weighted by molar-refractivity contribution is 6.36. The van der Waals surface area contributed by atoms with Gasteiger partial charge >= 0.3 is 0 Å². The van der Waals surface area contributed by atoms with Crippen LogP contribution < -0.4 is 5.56 Å². The minimum Gasteiger partial charge on any atom is -0.304 e. The summed E-state index contributed by atoms with van der Waals surface area (Å²) < 4.78 is 1.62. The molecule has 8 heteroatoms. The van der Waals surface area contributed by atoms with Crippen molar-refractivity contribution in [2.75, 3.05) is 19.6 Å². The fourth-order valence-electron chi connectivity index (χ4n) is 3.98. The van der Waals surface area contributed by atoms with Gasteiger partial charge in [0.1, 0.15) is 12.2 Å². The highest BCUT2D eigenvalue weighted by atomic mass is 35.5. The number of hydrogen-bond acceptors (Lipinski definition) is 5. The fraction of sp³-hybridized carbons (Fsp3) is 0.333. The SMILES string of the molecule is CCN(CC)CCCc1nnc2n(c1=O)-c1ccc(Cl)cc1C(c1ccccc1Cl)=NC2. The number of aromatic nitrogens is 3. The smallest absolute Gasteiger partial charge is 0.280 e. The summed E-state index contributed by atoms with van der Waals surface area (Å²) in [4.78, 5) is 20.6. The van der Waals surface area contributed by atoms with Crippen LogP contribution in [0.2, 0.25) is 10.0 Å². The van der Waals surface area contributed by atoms with Crippen molar-refractivity contribution < 1.29 is 0 Å². The van der Waals surface area contributed by atoms with Gasteiger partial charge in [0.2, 0.25) is 0 Å². The summed E-state index contributed by atoms with van der Waals surface area (Å²) >= 11 is 12.8. The van der Waals surface area contributed by atoms with E-state index in [0.717, 1.165) is 37.2 Å². The van der Waals surface area contributed by atoms with Crippen LogP contribution in [0, 0.1) is 0 Å². The number of rotatable bonds is 7. The van der Waals surface area contributed by atoms with Crippen molar-refractivity contribution in [3.05, 3.63) is 85.5 Å². The van der Waals surface area contributed by atoms with Crippen LogP contribution in [0.1, 0.15) is 42.9 Å². The molecule has 0 saturated carbocycles. The van der Waals surface area contributed by atoms with Gasteiger partial charge in [-0.2, -0.15) is 0 Å². The molecule has 0 fully saturated rings. The second-order valence-corrected chi connectivity index (χ2v) is 8.48. The van der Waals surface area contributed by atoms with E-state index < -0.39 is 0 Å². The molecule has 6 nitrogen and oxygen atoms in total. The maximum atomic E-state index is 13.5. The number of nitrogens with zero attached hydrogens (tertiary/aromatic N) is 5. The summed E-state index contributed by atoms with van der Waals surface area (Å²) in [7, 11) is 0. The molecule has 3 aromatic rings. The Kier molecular flexibility index (Phi) is 7.04. The van der Waals surface area contributed by atoms with Crippen LogP contribution in [0.15, 0.2) is 52.3 Å². The first-order chi connectivity index (χ1) is 15.5. The first kappa shape index (κ1) is 22.6. The predicted molar refractivity (Wildman–Crippen MR) is 130 cm³/mol. The van der Waals surface area contributed by atoms with E-state index in [1.165, 1.54) is 0 Å². The fourth-order valence-corrected chi connectivity index (χ4v) is 4.38. The van der Waals surface area contributed by atoms with Crippen molar-refractivity contribution in [3.63, 3.8) is 0 Å². The van der Waals surface area contributed by atoms with Crippen molar-refractivity contribution in [1.29, 1.82) is 0 Å². The zero-order valence-corrected chi connectivity index (χ0v) is 19.7. The summed E-state index contributed by atoms with van der Waals surface area (Å²) in [5.41, 5.74) is 3.20. The zero-order valence-electron chi connectivity index (χ0n) is 18.2. The Morgan fingerprint density at radius 1 is 1.03 bits per heavy atom. The molecule has 1 aliphatic heterocycles. The van der Waals surface area contributed by atoms with Gasteiger partial charge < -0.3 is 4.90 Å². The Hall–Kier alpha value is -2.54. The Bertz CT molecular complexity index is 1220. The van der Waals surface area contributed by atoms with Crippen molar-refractivity contribution in [1.82, 2.24) is 19.7 Å². The lowest BCUT2D eigenvalue weighted by Gasteiger charge is -2.17. The Morgan fingerprint density at radius 2 is 1.81 bits per heavy atom. The maximum Gasteiger partial charge on any atom is 0.280 e. The van der Waals surface area contributed by atoms with E-state index in [2.05, 4.69) is 28.9 Å². The molecule has 2 aromatic carbocycles. The highest BCUT2D eigenvalue weighted by Gasteiger charge is 2.23. The molecule has 166 valence electrons. The summed E-state index contributed by atoms with van der Waals surface area (Å²) in [6.07, 6.45) is 1.42. The zero-order chi connectivity index (χ0) is 22.7. The van der Waals surface area contributed by atoms with Crippen molar-refractivity contribution >= 4 is 28.9 Å². The average Bonchev–Trinajstić information content (AvgIpc) is 2.95. The van der Waals surface area contributed by atoms with Gasteiger partial charge in [0.25, 0.3) is 5.56 Å². The standard InChI is InChI=1S/C24H25Cl2N5O/c1-3-30(4-2)13-7-10-20-24(32)31-21-12-11-16(25)14-18(21)23(27-15-22(31)29-28-20)17-8-5-6-9-19(17)26/h5-6,8-9,11-12,14H,3-4,7,10,13,15H2,1-2H3. The summed E-state index contributed by atoms with van der Waals surface area (Å²) in [6, 6.07) is 12.9. The highest BCUT2D eigenvalue weighted by Crippen LogP contribution is 2.28. The number of benzene rings is 2. The van der Waals surface area contributed by atoms with Crippen LogP contribution in [0.4, 0.5) is 0 Å². The van der Waals surface area contributed by atoms with Gasteiger partial charge in [0.15, 0.2) is 5.82 Å². The van der Waals surface area contributed by atoms with Crippen LogP contribution in [0.3, 0.4) is 0 Å². The molecule has 0 saturated heterocycles. The normalized spacial score (nSPS) is 12.8. The van der Waals surface area contributed by atoms with Crippen molar-refractivity contribution in [2.24, 2.45) is 4.99 Å².